The van der Waals surface area contributed by atoms with E-state index in [9.17, 15) is 14.4 Å². The Morgan fingerprint density at radius 3 is 2.57 bits per heavy atom. The summed E-state index contributed by atoms with van der Waals surface area (Å²) in [6.07, 6.45) is 1.98. The first-order chi connectivity index (χ1) is 13.3. The van der Waals surface area contributed by atoms with Gasteiger partial charge in [-0.25, -0.2) is 0 Å². The van der Waals surface area contributed by atoms with Crippen LogP contribution in [-0.4, -0.2) is 64.5 Å². The molecule has 1 aliphatic rings. The van der Waals surface area contributed by atoms with Gasteiger partial charge in [0.05, 0.1) is 0 Å². The van der Waals surface area contributed by atoms with Gasteiger partial charge in [-0.15, -0.1) is 0 Å². The fourth-order valence-electron chi connectivity index (χ4n) is 3.61. The molecule has 1 aliphatic heterocycles. The average molecular weight is 390 g/mol. The SMILES string of the molecule is CCC(Oc1ccccc1C)C(=O)N1CCCC(N(CC(=O)O)C(C)=O)CC1. The van der Waals surface area contributed by atoms with Gasteiger partial charge in [0.1, 0.15) is 12.3 Å². The highest BCUT2D eigenvalue weighted by Crippen LogP contribution is 2.22. The second-order valence-electron chi connectivity index (χ2n) is 7.23. The third-order valence-corrected chi connectivity index (χ3v) is 5.17. The van der Waals surface area contributed by atoms with Crippen LogP contribution in [-0.2, 0) is 14.4 Å². The minimum absolute atomic E-state index is 0.0565. The van der Waals surface area contributed by atoms with Crippen molar-refractivity contribution in [1.82, 2.24) is 9.80 Å². The number of carboxylic acid groups (broad SMARTS) is 1. The van der Waals surface area contributed by atoms with E-state index in [1.165, 1.54) is 11.8 Å². The molecule has 1 fully saturated rings. The molecule has 2 amide bonds. The van der Waals surface area contributed by atoms with Crippen molar-refractivity contribution in [3.05, 3.63) is 29.8 Å². The fourth-order valence-corrected chi connectivity index (χ4v) is 3.61. The second-order valence-corrected chi connectivity index (χ2v) is 7.23. The van der Waals surface area contributed by atoms with Gasteiger partial charge in [0, 0.05) is 26.1 Å². The maximum Gasteiger partial charge on any atom is 0.323 e. The van der Waals surface area contributed by atoms with Crippen molar-refractivity contribution in [3.63, 3.8) is 0 Å². The summed E-state index contributed by atoms with van der Waals surface area (Å²) in [5.74, 6) is -0.620. The molecule has 2 rings (SSSR count). The number of hydrogen-bond donors (Lipinski definition) is 1. The van der Waals surface area contributed by atoms with Gasteiger partial charge in [0.25, 0.3) is 5.91 Å². The smallest absolute Gasteiger partial charge is 0.323 e. The normalized spacial score (nSPS) is 18.1. The molecule has 0 spiro atoms. The number of benzene rings is 1. The number of ether oxygens (including phenoxy) is 1. The number of aryl methyl sites for hydroxylation is 1. The van der Waals surface area contributed by atoms with Gasteiger partial charge in [-0.05, 0) is 44.2 Å². The van der Waals surface area contributed by atoms with E-state index in [-0.39, 0.29) is 24.4 Å². The van der Waals surface area contributed by atoms with E-state index < -0.39 is 12.1 Å². The molecule has 7 nitrogen and oxygen atoms in total. The van der Waals surface area contributed by atoms with Gasteiger partial charge < -0.3 is 19.6 Å². The van der Waals surface area contributed by atoms with E-state index in [0.29, 0.717) is 38.1 Å². The van der Waals surface area contributed by atoms with E-state index >= 15 is 0 Å². The molecule has 1 N–H and O–H groups in total. The zero-order valence-electron chi connectivity index (χ0n) is 16.9. The van der Waals surface area contributed by atoms with E-state index in [4.69, 9.17) is 9.84 Å². The molecule has 7 heteroatoms. The summed E-state index contributed by atoms with van der Waals surface area (Å²) in [6.45, 7) is 6.03. The van der Waals surface area contributed by atoms with Crippen molar-refractivity contribution in [3.8, 4) is 5.75 Å². The highest BCUT2D eigenvalue weighted by atomic mass is 16.5. The summed E-state index contributed by atoms with van der Waals surface area (Å²) in [7, 11) is 0. The molecule has 1 saturated heterocycles. The number of likely N-dealkylation sites (tertiary alicyclic amines) is 1. The van der Waals surface area contributed by atoms with E-state index in [1.54, 1.807) is 4.90 Å². The zero-order chi connectivity index (χ0) is 20.7. The van der Waals surface area contributed by atoms with Crippen molar-refractivity contribution in [1.29, 1.82) is 0 Å². The number of rotatable bonds is 7. The van der Waals surface area contributed by atoms with Gasteiger partial charge in [-0.2, -0.15) is 0 Å². The summed E-state index contributed by atoms with van der Waals surface area (Å²) in [6, 6.07) is 7.46. The van der Waals surface area contributed by atoms with Gasteiger partial charge >= 0.3 is 5.97 Å². The standard InChI is InChI=1S/C21H30N2O5/c1-4-18(28-19-10-6-5-8-15(19)2)21(27)22-12-7-9-17(11-13-22)23(16(3)24)14-20(25)26/h5-6,8,10,17-18H,4,7,9,11-14H2,1-3H3,(H,25,26). The van der Waals surface area contributed by atoms with Crippen LogP contribution in [0.4, 0.5) is 0 Å². The topological polar surface area (TPSA) is 87.2 Å². The van der Waals surface area contributed by atoms with Crippen LogP contribution < -0.4 is 4.74 Å². The third-order valence-electron chi connectivity index (χ3n) is 5.17. The van der Waals surface area contributed by atoms with Crippen molar-refractivity contribution in [2.75, 3.05) is 19.6 Å². The molecule has 154 valence electrons. The molecule has 28 heavy (non-hydrogen) atoms. The van der Waals surface area contributed by atoms with Crippen molar-refractivity contribution in [2.45, 2.75) is 58.6 Å². The molecule has 0 aromatic heterocycles. The van der Waals surface area contributed by atoms with Crippen molar-refractivity contribution in [2.24, 2.45) is 0 Å². The first kappa shape index (κ1) is 21.7. The van der Waals surface area contributed by atoms with Crippen LogP contribution in [0.2, 0.25) is 0 Å². The van der Waals surface area contributed by atoms with E-state index in [0.717, 1.165) is 12.0 Å². The van der Waals surface area contributed by atoms with Crippen molar-refractivity contribution < 1.29 is 24.2 Å². The summed E-state index contributed by atoms with van der Waals surface area (Å²) in [5.41, 5.74) is 0.982. The number of carboxylic acids is 1. The van der Waals surface area contributed by atoms with Crippen LogP contribution in [0.25, 0.3) is 0 Å². The lowest BCUT2D eigenvalue weighted by atomic mass is 10.1. The number of carbonyl (C=O) groups is 3. The first-order valence-electron chi connectivity index (χ1n) is 9.83. The Kier molecular flexibility index (Phi) is 7.84. The lowest BCUT2D eigenvalue weighted by Gasteiger charge is -2.29. The minimum atomic E-state index is -1.02. The number of nitrogens with zero attached hydrogens (tertiary/aromatic N) is 2. The van der Waals surface area contributed by atoms with Crippen LogP contribution >= 0.6 is 0 Å². The Hall–Kier alpha value is -2.57. The van der Waals surface area contributed by atoms with Crippen LogP contribution in [0.3, 0.4) is 0 Å². The fraction of sp³-hybridized carbons (Fsp3) is 0.571. The quantitative estimate of drug-likeness (QED) is 0.773. The van der Waals surface area contributed by atoms with Crippen LogP contribution in [0.15, 0.2) is 24.3 Å². The lowest BCUT2D eigenvalue weighted by Crippen LogP contribution is -2.44. The molecule has 1 aromatic rings. The van der Waals surface area contributed by atoms with Gasteiger partial charge in [-0.3, -0.25) is 14.4 Å². The molecular formula is C21H30N2O5. The largest absolute Gasteiger partial charge is 0.480 e. The Morgan fingerprint density at radius 1 is 1.25 bits per heavy atom. The van der Waals surface area contributed by atoms with E-state index in [1.807, 2.05) is 38.1 Å². The Bertz CT molecular complexity index is 706. The molecule has 0 aliphatic carbocycles. The Balaban J connectivity index is 2.03. The minimum Gasteiger partial charge on any atom is -0.480 e. The van der Waals surface area contributed by atoms with Gasteiger partial charge in [-0.1, -0.05) is 25.1 Å². The zero-order valence-corrected chi connectivity index (χ0v) is 16.9. The van der Waals surface area contributed by atoms with Crippen molar-refractivity contribution >= 4 is 17.8 Å². The molecule has 2 atom stereocenters. The summed E-state index contributed by atoms with van der Waals surface area (Å²) < 4.78 is 5.98. The second kappa shape index (κ2) is 10.1. The van der Waals surface area contributed by atoms with Crippen LogP contribution in [0.1, 0.15) is 45.1 Å². The van der Waals surface area contributed by atoms with E-state index in [2.05, 4.69) is 0 Å². The predicted molar refractivity (Wildman–Crippen MR) is 105 cm³/mol. The molecule has 1 aromatic carbocycles. The molecular weight excluding hydrogens is 360 g/mol. The third kappa shape index (κ3) is 5.71. The maximum absolute atomic E-state index is 13.0. The lowest BCUT2D eigenvalue weighted by molar-refractivity contribution is -0.145. The molecule has 1 heterocycles. The number of hydrogen-bond acceptors (Lipinski definition) is 4. The molecule has 0 saturated carbocycles. The number of aliphatic carboxylic acids is 1. The summed E-state index contributed by atoms with van der Waals surface area (Å²) >= 11 is 0. The average Bonchev–Trinajstić information content (AvgIpc) is 2.90. The highest BCUT2D eigenvalue weighted by Gasteiger charge is 2.30. The highest BCUT2D eigenvalue weighted by molar-refractivity contribution is 5.81. The molecule has 0 radical (unpaired) electrons. The van der Waals surface area contributed by atoms with Crippen LogP contribution in [0.5, 0.6) is 5.75 Å². The van der Waals surface area contributed by atoms with Gasteiger partial charge in [0.15, 0.2) is 6.10 Å². The monoisotopic (exact) mass is 390 g/mol. The number of amides is 2. The Morgan fingerprint density at radius 2 is 1.96 bits per heavy atom. The van der Waals surface area contributed by atoms with Crippen LogP contribution in [0, 0.1) is 6.92 Å². The Labute approximate surface area is 166 Å². The molecule has 0 bridgehead atoms. The number of para-hydroxylation sites is 1. The maximum atomic E-state index is 13.0. The number of carbonyl (C=O) groups excluding carboxylic acids is 2. The summed E-state index contributed by atoms with van der Waals surface area (Å²) in [5, 5.41) is 9.07. The summed E-state index contributed by atoms with van der Waals surface area (Å²) in [4.78, 5) is 39.1. The first-order valence-corrected chi connectivity index (χ1v) is 9.83. The van der Waals surface area contributed by atoms with Gasteiger partial charge in [0.2, 0.25) is 5.91 Å². The predicted octanol–water partition coefficient (Wildman–Crippen LogP) is 2.47. The molecule has 2 unspecified atom stereocenters.